The molecule has 2 aliphatic heterocycles. The molecule has 1 spiro atoms. The summed E-state index contributed by atoms with van der Waals surface area (Å²) in [4.78, 5) is 11.8. The molecule has 3 nitrogen and oxygen atoms in total. The molecule has 0 N–H and O–H groups in total. The molecule has 0 aromatic heterocycles. The van der Waals surface area contributed by atoms with Crippen LogP contribution in [0.1, 0.15) is 38.8 Å². The summed E-state index contributed by atoms with van der Waals surface area (Å²) in [6.07, 6.45) is -4.30. The normalized spacial score (nSPS) is 23.8. The van der Waals surface area contributed by atoms with Gasteiger partial charge in [0.05, 0.1) is 12.2 Å². The monoisotopic (exact) mass is 440 g/mol. The molecule has 0 saturated carbocycles. The second-order valence-electron chi connectivity index (χ2n) is 8.60. The first-order chi connectivity index (χ1) is 13.7. The Morgan fingerprint density at radius 2 is 1.50 bits per heavy atom. The van der Waals surface area contributed by atoms with Crippen LogP contribution < -0.4 is 0 Å². The van der Waals surface area contributed by atoms with E-state index in [0.29, 0.717) is 11.6 Å². The van der Waals surface area contributed by atoms with Gasteiger partial charge in [-0.25, -0.2) is 0 Å². The van der Waals surface area contributed by atoms with Crippen molar-refractivity contribution in [2.45, 2.75) is 57.6 Å². The first-order valence-electron chi connectivity index (χ1n) is 9.52. The topological polar surface area (TPSA) is 38.8 Å². The Morgan fingerprint density at radius 3 is 1.87 bits per heavy atom. The zero-order valence-corrected chi connectivity index (χ0v) is 18.2. The van der Waals surface area contributed by atoms with Gasteiger partial charge in [0.25, 0.3) is 0 Å². The number of aryl methyl sites for hydroxylation is 1. The van der Waals surface area contributed by atoms with Crippen molar-refractivity contribution in [3.63, 3.8) is 0 Å². The van der Waals surface area contributed by atoms with E-state index in [2.05, 4.69) is 0 Å². The van der Waals surface area contributed by atoms with Gasteiger partial charge in [0.15, 0.2) is 5.60 Å². The molecule has 30 heavy (non-hydrogen) atoms. The van der Waals surface area contributed by atoms with Gasteiger partial charge in [-0.1, -0.05) is 35.9 Å². The highest BCUT2D eigenvalue weighted by Crippen LogP contribution is 2.51. The largest absolute Gasteiger partial charge is 0.416 e. The van der Waals surface area contributed by atoms with Crippen LogP contribution in [0.3, 0.4) is 0 Å². The Bertz CT molecular complexity index is 959. The number of rotatable bonds is 1. The fraction of sp³-hybridized carbons (Fsp3) is 0.435. The average molecular weight is 441 g/mol. The molecule has 1 unspecified atom stereocenters. The number of carbonyl (C=O) groups is 1. The molecule has 2 heterocycles. The summed E-state index contributed by atoms with van der Waals surface area (Å²) in [6, 6.07) is 11.1. The summed E-state index contributed by atoms with van der Waals surface area (Å²) in [5, 5.41) is 0.599. The first-order valence-corrected chi connectivity index (χ1v) is 9.90. The van der Waals surface area contributed by atoms with Crippen molar-refractivity contribution in [3.05, 3.63) is 58.6 Å². The summed E-state index contributed by atoms with van der Waals surface area (Å²) in [6.45, 7) is 9.39. The number of epoxide rings is 1. The summed E-state index contributed by atoms with van der Waals surface area (Å²) in [7, 11) is 0. The van der Waals surface area contributed by atoms with Crippen LogP contribution in [0.5, 0.6) is 0 Å². The molecule has 162 valence electrons. The number of hydrogen-bond donors (Lipinski definition) is 0. The number of benzene rings is 2. The van der Waals surface area contributed by atoms with Crippen LogP contribution in [-0.2, 0) is 20.4 Å². The maximum atomic E-state index is 12.6. The number of ether oxygens (including phenoxy) is 2. The van der Waals surface area contributed by atoms with E-state index in [1.807, 2.05) is 13.8 Å². The van der Waals surface area contributed by atoms with Crippen LogP contribution in [0, 0.1) is 6.92 Å². The first kappa shape index (κ1) is 22.8. The van der Waals surface area contributed by atoms with E-state index in [9.17, 15) is 18.0 Å². The van der Waals surface area contributed by atoms with Crippen molar-refractivity contribution in [3.8, 4) is 11.1 Å². The lowest BCUT2D eigenvalue weighted by Gasteiger charge is -2.23. The molecule has 7 heteroatoms. The van der Waals surface area contributed by atoms with E-state index >= 15 is 0 Å². The molecule has 2 aliphatic rings. The second-order valence-corrected chi connectivity index (χ2v) is 9.04. The molecular weight excluding hydrogens is 417 g/mol. The number of carbonyl (C=O) groups excluding carboxylic acids is 1. The Morgan fingerprint density at radius 1 is 0.967 bits per heavy atom. The van der Waals surface area contributed by atoms with Crippen LogP contribution in [0.4, 0.5) is 13.2 Å². The fourth-order valence-corrected chi connectivity index (χ4v) is 4.01. The highest BCUT2D eigenvalue weighted by Gasteiger charge is 2.72. The lowest BCUT2D eigenvalue weighted by molar-refractivity contribution is -0.138. The van der Waals surface area contributed by atoms with E-state index in [4.69, 9.17) is 21.1 Å². The summed E-state index contributed by atoms with van der Waals surface area (Å²) >= 11 is 5.77. The van der Waals surface area contributed by atoms with E-state index in [1.165, 1.54) is 19.1 Å². The minimum absolute atomic E-state index is 0.0833. The average Bonchev–Trinajstić information content (AvgIpc) is 3.40. The Balaban J connectivity index is 0.000000184. The summed E-state index contributed by atoms with van der Waals surface area (Å²) in [5.41, 5.74) is -0.562. The lowest BCUT2D eigenvalue weighted by Crippen LogP contribution is -2.40. The molecule has 2 aromatic rings. The number of hydrogen-bond acceptors (Lipinski definition) is 3. The SMILES string of the molecule is CC1(C)OC(C)(C)C2(CO2)C1=O.Cc1cc(-c2ccc(Cl)cc2)ccc1C(F)(F)F. The molecule has 0 bridgehead atoms. The van der Waals surface area contributed by atoms with Gasteiger partial charge in [0.1, 0.15) is 11.2 Å². The van der Waals surface area contributed by atoms with Crippen molar-refractivity contribution < 1.29 is 27.4 Å². The minimum atomic E-state index is -4.30. The Kier molecular flexibility index (Phi) is 5.59. The van der Waals surface area contributed by atoms with Gasteiger partial charge in [-0.2, -0.15) is 13.2 Å². The summed E-state index contributed by atoms with van der Waals surface area (Å²) in [5.74, 6) is 0.0833. The Hall–Kier alpha value is -1.89. The van der Waals surface area contributed by atoms with Gasteiger partial charge in [-0.05, 0) is 69.5 Å². The molecule has 2 fully saturated rings. The van der Waals surface area contributed by atoms with E-state index in [-0.39, 0.29) is 11.3 Å². The number of Topliss-reactive ketones (excluding diaryl/α,β-unsaturated/α-hetero) is 1. The molecular formula is C23H24ClF3O3. The Labute approximate surface area is 179 Å². The van der Waals surface area contributed by atoms with Crippen LogP contribution in [-0.4, -0.2) is 29.2 Å². The molecule has 2 aromatic carbocycles. The maximum Gasteiger partial charge on any atom is 0.416 e. The molecule has 1 atom stereocenters. The standard InChI is InChI=1S/C14H10ClF3.C9H14O3/c1-9-8-11(4-7-13(9)14(16,17)18)10-2-5-12(15)6-3-10;1-7(2)6(10)9(5-11-9)8(3,4)12-7/h2-8H,1H3;5H2,1-4H3. The predicted octanol–water partition coefficient (Wildman–Crippen LogP) is 6.25. The number of halogens is 4. The fourth-order valence-electron chi connectivity index (χ4n) is 3.88. The molecule has 0 radical (unpaired) electrons. The van der Waals surface area contributed by atoms with Crippen LogP contribution >= 0.6 is 11.6 Å². The second kappa shape index (κ2) is 7.36. The molecule has 2 saturated heterocycles. The molecule has 0 aliphatic carbocycles. The predicted molar refractivity (Wildman–Crippen MR) is 110 cm³/mol. The van der Waals surface area contributed by atoms with Crippen molar-refractivity contribution >= 4 is 17.4 Å². The summed E-state index contributed by atoms with van der Waals surface area (Å²) < 4.78 is 48.8. The molecule has 4 rings (SSSR count). The van der Waals surface area contributed by atoms with Crippen LogP contribution in [0.25, 0.3) is 11.1 Å². The quantitative estimate of drug-likeness (QED) is 0.492. The van der Waals surface area contributed by atoms with Gasteiger partial charge in [0.2, 0.25) is 5.78 Å². The van der Waals surface area contributed by atoms with Gasteiger partial charge >= 0.3 is 6.18 Å². The smallest absolute Gasteiger partial charge is 0.358 e. The lowest BCUT2D eigenvalue weighted by atomic mass is 9.86. The maximum absolute atomic E-state index is 12.6. The molecule has 0 amide bonds. The van der Waals surface area contributed by atoms with Crippen molar-refractivity contribution in [1.29, 1.82) is 0 Å². The highest BCUT2D eigenvalue weighted by molar-refractivity contribution is 6.30. The van der Waals surface area contributed by atoms with Crippen molar-refractivity contribution in [1.82, 2.24) is 0 Å². The van der Waals surface area contributed by atoms with Gasteiger partial charge in [-0.3, -0.25) is 4.79 Å². The van der Waals surface area contributed by atoms with E-state index < -0.39 is 28.5 Å². The van der Waals surface area contributed by atoms with Gasteiger partial charge in [-0.15, -0.1) is 0 Å². The van der Waals surface area contributed by atoms with Crippen molar-refractivity contribution in [2.24, 2.45) is 0 Å². The van der Waals surface area contributed by atoms with Crippen LogP contribution in [0.2, 0.25) is 5.02 Å². The van der Waals surface area contributed by atoms with E-state index in [1.54, 1.807) is 38.1 Å². The third-order valence-electron chi connectivity index (χ3n) is 5.54. The van der Waals surface area contributed by atoms with Crippen LogP contribution in [0.15, 0.2) is 42.5 Å². The van der Waals surface area contributed by atoms with Gasteiger partial charge < -0.3 is 9.47 Å². The third kappa shape index (κ3) is 4.13. The number of alkyl halides is 3. The number of ketones is 1. The van der Waals surface area contributed by atoms with E-state index in [0.717, 1.165) is 17.2 Å². The highest BCUT2D eigenvalue weighted by atomic mass is 35.5. The van der Waals surface area contributed by atoms with Crippen molar-refractivity contribution in [2.75, 3.05) is 6.61 Å². The van der Waals surface area contributed by atoms with Gasteiger partial charge in [0, 0.05) is 5.02 Å². The zero-order chi connectivity index (χ0) is 22.5. The zero-order valence-electron chi connectivity index (χ0n) is 17.5. The minimum Gasteiger partial charge on any atom is -0.358 e. The third-order valence-corrected chi connectivity index (χ3v) is 5.79.